The highest BCUT2D eigenvalue weighted by atomic mass is 79.9. The van der Waals surface area contributed by atoms with Crippen LogP contribution in [0.1, 0.15) is 11.1 Å². The molecule has 3 rings (SSSR count). The van der Waals surface area contributed by atoms with Crippen LogP contribution >= 0.6 is 15.9 Å². The summed E-state index contributed by atoms with van der Waals surface area (Å²) >= 11 is 3.45. The number of likely N-dealkylation sites (N-methyl/N-ethyl adjacent to an activating group) is 1. The number of carbonyl (C=O) groups excluding carboxylic acids is 3. The molecule has 140 valence electrons. The maximum Gasteiger partial charge on any atom is 0.325 e. The van der Waals surface area contributed by atoms with Crippen molar-refractivity contribution in [3.63, 3.8) is 0 Å². The van der Waals surface area contributed by atoms with Crippen molar-refractivity contribution in [2.75, 3.05) is 13.6 Å². The normalized spacial score (nSPS) is 16.4. The largest absolute Gasteiger partial charge is 0.340 e. The Morgan fingerprint density at radius 3 is 2.48 bits per heavy atom. The number of hydrogen-bond donors (Lipinski definition) is 1. The van der Waals surface area contributed by atoms with Crippen LogP contribution in [-0.4, -0.2) is 47.3 Å². The molecule has 7 heteroatoms. The zero-order valence-electron chi connectivity index (χ0n) is 14.9. The molecule has 1 N–H and O–H groups in total. The van der Waals surface area contributed by atoms with Crippen LogP contribution in [0, 0.1) is 0 Å². The Morgan fingerprint density at radius 1 is 1.11 bits per heavy atom. The Labute approximate surface area is 166 Å². The van der Waals surface area contributed by atoms with E-state index < -0.39 is 12.1 Å². The van der Waals surface area contributed by atoms with Crippen LogP contribution in [0.25, 0.3) is 0 Å². The zero-order chi connectivity index (χ0) is 19.4. The molecule has 1 unspecified atom stereocenters. The van der Waals surface area contributed by atoms with Crippen LogP contribution in [0.15, 0.2) is 59.1 Å². The smallest absolute Gasteiger partial charge is 0.325 e. The molecule has 1 atom stereocenters. The van der Waals surface area contributed by atoms with Gasteiger partial charge in [0.2, 0.25) is 5.91 Å². The van der Waals surface area contributed by atoms with Crippen LogP contribution in [0.2, 0.25) is 0 Å². The molecule has 2 aromatic carbocycles. The fourth-order valence-electron chi connectivity index (χ4n) is 2.94. The van der Waals surface area contributed by atoms with Gasteiger partial charge in [-0.2, -0.15) is 0 Å². The van der Waals surface area contributed by atoms with Crippen LogP contribution in [0.5, 0.6) is 0 Å². The van der Waals surface area contributed by atoms with Gasteiger partial charge < -0.3 is 10.2 Å². The molecule has 0 radical (unpaired) electrons. The molecule has 27 heavy (non-hydrogen) atoms. The molecule has 0 bridgehead atoms. The Hall–Kier alpha value is -2.67. The molecule has 4 amide bonds. The molecular formula is C20H20BrN3O3. The molecule has 0 saturated carbocycles. The molecule has 6 nitrogen and oxygen atoms in total. The average molecular weight is 430 g/mol. The van der Waals surface area contributed by atoms with Crippen molar-refractivity contribution in [3.8, 4) is 0 Å². The summed E-state index contributed by atoms with van der Waals surface area (Å²) in [6.45, 7) is 0.119. The molecule has 2 aromatic rings. The van der Waals surface area contributed by atoms with Gasteiger partial charge in [0.05, 0.1) is 0 Å². The standard InChI is InChI=1S/C20H20BrN3O3/c1-23(12-15-9-5-6-10-16(15)21)18(25)13-24-19(26)17(22-20(24)27)11-14-7-3-2-4-8-14/h2-10,17H,11-13H2,1H3,(H,22,27). The van der Waals surface area contributed by atoms with Crippen molar-refractivity contribution in [1.29, 1.82) is 0 Å². The number of halogens is 1. The summed E-state index contributed by atoms with van der Waals surface area (Å²) in [4.78, 5) is 39.7. The minimum absolute atomic E-state index is 0.267. The van der Waals surface area contributed by atoms with E-state index in [9.17, 15) is 14.4 Å². The molecule has 1 aliphatic heterocycles. The van der Waals surface area contributed by atoms with E-state index in [4.69, 9.17) is 0 Å². The number of hydrogen-bond acceptors (Lipinski definition) is 3. The van der Waals surface area contributed by atoms with Crippen molar-refractivity contribution in [2.24, 2.45) is 0 Å². The molecule has 0 spiro atoms. The Bertz CT molecular complexity index is 857. The highest BCUT2D eigenvalue weighted by molar-refractivity contribution is 9.10. The Kier molecular flexibility index (Phi) is 5.91. The number of rotatable bonds is 6. The maximum atomic E-state index is 12.6. The van der Waals surface area contributed by atoms with E-state index >= 15 is 0 Å². The average Bonchev–Trinajstić information content (AvgIpc) is 2.91. The Morgan fingerprint density at radius 2 is 1.78 bits per heavy atom. The molecule has 0 aromatic heterocycles. The second-order valence-corrected chi connectivity index (χ2v) is 7.31. The van der Waals surface area contributed by atoms with Crippen molar-refractivity contribution in [3.05, 3.63) is 70.2 Å². The fourth-order valence-corrected chi connectivity index (χ4v) is 3.35. The number of urea groups is 1. The quantitative estimate of drug-likeness (QED) is 0.717. The van der Waals surface area contributed by atoms with E-state index in [0.717, 1.165) is 20.5 Å². The summed E-state index contributed by atoms with van der Waals surface area (Å²) in [6, 6.07) is 15.9. The second kappa shape index (κ2) is 8.35. The predicted molar refractivity (Wildman–Crippen MR) is 105 cm³/mol. The zero-order valence-corrected chi connectivity index (χ0v) is 16.5. The van der Waals surface area contributed by atoms with Gasteiger partial charge in [0, 0.05) is 24.5 Å². The number of nitrogens with zero attached hydrogens (tertiary/aromatic N) is 2. The molecule has 0 aliphatic carbocycles. The first-order valence-electron chi connectivity index (χ1n) is 8.59. The monoisotopic (exact) mass is 429 g/mol. The van der Waals surface area contributed by atoms with Gasteiger partial charge in [0.25, 0.3) is 5.91 Å². The summed E-state index contributed by atoms with van der Waals surface area (Å²) in [6.07, 6.45) is 0.406. The van der Waals surface area contributed by atoms with Gasteiger partial charge in [-0.1, -0.05) is 64.5 Å². The maximum absolute atomic E-state index is 12.6. The summed E-state index contributed by atoms with van der Waals surface area (Å²) in [7, 11) is 1.65. The van der Waals surface area contributed by atoms with Crippen molar-refractivity contribution >= 4 is 33.8 Å². The van der Waals surface area contributed by atoms with Crippen LogP contribution in [0.4, 0.5) is 4.79 Å². The number of imide groups is 1. The van der Waals surface area contributed by atoms with Gasteiger partial charge in [-0.3, -0.25) is 14.5 Å². The van der Waals surface area contributed by atoms with E-state index in [1.54, 1.807) is 7.05 Å². The lowest BCUT2D eigenvalue weighted by atomic mass is 10.1. The van der Waals surface area contributed by atoms with E-state index in [1.165, 1.54) is 4.90 Å². The van der Waals surface area contributed by atoms with Gasteiger partial charge in [0.1, 0.15) is 12.6 Å². The lowest BCUT2D eigenvalue weighted by Crippen LogP contribution is -2.41. The Balaban J connectivity index is 1.61. The molecule has 1 fully saturated rings. The third kappa shape index (κ3) is 4.54. The second-order valence-electron chi connectivity index (χ2n) is 6.46. The summed E-state index contributed by atoms with van der Waals surface area (Å²) in [5.74, 6) is -0.666. The topological polar surface area (TPSA) is 69.7 Å². The molecule has 1 saturated heterocycles. The minimum Gasteiger partial charge on any atom is -0.340 e. The van der Waals surface area contributed by atoms with E-state index in [-0.39, 0.29) is 18.4 Å². The predicted octanol–water partition coefficient (Wildman–Crippen LogP) is 2.57. The van der Waals surface area contributed by atoms with E-state index in [0.29, 0.717) is 13.0 Å². The van der Waals surface area contributed by atoms with Gasteiger partial charge in [0.15, 0.2) is 0 Å². The lowest BCUT2D eigenvalue weighted by Gasteiger charge is -2.21. The SMILES string of the molecule is CN(Cc1ccccc1Br)C(=O)CN1C(=O)NC(Cc2ccccc2)C1=O. The van der Waals surface area contributed by atoms with Crippen molar-refractivity contribution in [2.45, 2.75) is 19.0 Å². The lowest BCUT2D eigenvalue weighted by molar-refractivity contribution is -0.136. The molecular weight excluding hydrogens is 410 g/mol. The highest BCUT2D eigenvalue weighted by Gasteiger charge is 2.39. The first-order valence-corrected chi connectivity index (χ1v) is 9.38. The number of benzene rings is 2. The van der Waals surface area contributed by atoms with Crippen molar-refractivity contribution in [1.82, 2.24) is 15.1 Å². The van der Waals surface area contributed by atoms with Gasteiger partial charge >= 0.3 is 6.03 Å². The fraction of sp³-hybridized carbons (Fsp3) is 0.250. The van der Waals surface area contributed by atoms with E-state index in [1.807, 2.05) is 54.6 Å². The van der Waals surface area contributed by atoms with Crippen molar-refractivity contribution < 1.29 is 14.4 Å². The highest BCUT2D eigenvalue weighted by Crippen LogP contribution is 2.18. The number of carbonyl (C=O) groups is 3. The van der Waals surface area contributed by atoms with Crippen LogP contribution in [0.3, 0.4) is 0 Å². The summed E-state index contributed by atoms with van der Waals surface area (Å²) < 4.78 is 0.905. The number of nitrogens with one attached hydrogen (secondary N) is 1. The third-order valence-corrected chi connectivity index (χ3v) is 5.25. The van der Waals surface area contributed by atoms with Gasteiger partial charge in [-0.05, 0) is 17.2 Å². The summed E-state index contributed by atoms with van der Waals surface area (Å²) in [5.41, 5.74) is 1.91. The summed E-state index contributed by atoms with van der Waals surface area (Å²) in [5, 5.41) is 2.66. The molecule has 1 aliphatic rings. The third-order valence-electron chi connectivity index (χ3n) is 4.47. The number of amides is 4. The van der Waals surface area contributed by atoms with Crippen LogP contribution in [-0.2, 0) is 22.6 Å². The van der Waals surface area contributed by atoms with E-state index in [2.05, 4.69) is 21.2 Å². The van der Waals surface area contributed by atoms with Gasteiger partial charge in [-0.25, -0.2) is 4.79 Å². The van der Waals surface area contributed by atoms with Crippen LogP contribution < -0.4 is 5.32 Å². The minimum atomic E-state index is -0.638. The van der Waals surface area contributed by atoms with Gasteiger partial charge in [-0.15, -0.1) is 0 Å². The molecule has 1 heterocycles. The first-order chi connectivity index (χ1) is 13.0. The first kappa shape index (κ1) is 19.1.